The molecule has 5 nitrogen and oxygen atoms in total. The van der Waals surface area contributed by atoms with Crippen LogP contribution in [0.1, 0.15) is 64.6 Å². The van der Waals surface area contributed by atoms with Gasteiger partial charge >= 0.3 is 0 Å². The summed E-state index contributed by atoms with van der Waals surface area (Å²) < 4.78 is 1.95. The first-order valence-corrected chi connectivity index (χ1v) is 9.36. The van der Waals surface area contributed by atoms with Crippen molar-refractivity contribution in [2.45, 2.75) is 66.2 Å². The van der Waals surface area contributed by atoms with Crippen molar-refractivity contribution >= 4 is 0 Å². The van der Waals surface area contributed by atoms with Crippen molar-refractivity contribution in [1.82, 2.24) is 24.7 Å². The van der Waals surface area contributed by atoms with E-state index in [0.29, 0.717) is 5.82 Å². The largest absolute Gasteiger partial charge is 0.238 e. The van der Waals surface area contributed by atoms with E-state index in [2.05, 4.69) is 71.8 Å². The molecule has 0 aliphatic carbocycles. The van der Waals surface area contributed by atoms with Gasteiger partial charge in [-0.15, -0.1) is 0 Å². The molecule has 0 bridgehead atoms. The minimum absolute atomic E-state index is 0.148. The summed E-state index contributed by atoms with van der Waals surface area (Å²) in [5, 5.41) is 4.59. The second-order valence-corrected chi connectivity index (χ2v) is 9.20. The average molecular weight is 364 g/mol. The third-order valence-electron chi connectivity index (χ3n) is 4.34. The molecule has 3 aromatic rings. The summed E-state index contributed by atoms with van der Waals surface area (Å²) >= 11 is 0. The van der Waals surface area contributed by atoms with E-state index >= 15 is 0 Å². The molecule has 0 atom stereocenters. The van der Waals surface area contributed by atoms with Crippen molar-refractivity contribution in [3.05, 3.63) is 53.4 Å². The molecule has 0 saturated carbocycles. The van der Waals surface area contributed by atoms with Gasteiger partial charge in [0.25, 0.3) is 0 Å². The third-order valence-corrected chi connectivity index (χ3v) is 4.34. The molecule has 0 N–H and O–H groups in total. The molecule has 1 aromatic carbocycles. The van der Waals surface area contributed by atoms with E-state index in [4.69, 9.17) is 15.0 Å². The Labute approximate surface area is 161 Å². The van der Waals surface area contributed by atoms with Gasteiger partial charge in [-0.05, 0) is 32.0 Å². The lowest BCUT2D eigenvalue weighted by atomic mass is 9.93. The fraction of sp³-hybridized carbons (Fsp3) is 0.455. The smallest absolute Gasteiger partial charge is 0.163 e. The summed E-state index contributed by atoms with van der Waals surface area (Å²) in [6, 6.07) is 10.3. The number of nitrogens with zero attached hydrogens (tertiary/aromatic N) is 5. The Bertz CT molecular complexity index is 939. The highest BCUT2D eigenvalue weighted by Crippen LogP contribution is 2.27. The fourth-order valence-corrected chi connectivity index (χ4v) is 2.84. The first-order chi connectivity index (χ1) is 12.4. The Kier molecular flexibility index (Phi) is 4.66. The van der Waals surface area contributed by atoms with Crippen LogP contribution in [0.4, 0.5) is 0 Å². The van der Waals surface area contributed by atoms with Crippen LogP contribution in [-0.2, 0) is 10.8 Å². The van der Waals surface area contributed by atoms with E-state index in [1.54, 1.807) is 0 Å². The van der Waals surface area contributed by atoms with Crippen molar-refractivity contribution in [2.75, 3.05) is 0 Å². The van der Waals surface area contributed by atoms with E-state index in [-0.39, 0.29) is 10.8 Å². The topological polar surface area (TPSA) is 56.5 Å². The molecule has 0 fully saturated rings. The molecule has 5 heteroatoms. The second-order valence-electron chi connectivity index (χ2n) is 9.20. The van der Waals surface area contributed by atoms with Gasteiger partial charge in [0, 0.05) is 22.1 Å². The summed E-state index contributed by atoms with van der Waals surface area (Å²) in [6.07, 6.45) is 0. The van der Waals surface area contributed by atoms with Crippen LogP contribution in [-0.4, -0.2) is 24.7 Å². The van der Waals surface area contributed by atoms with Crippen LogP contribution < -0.4 is 0 Å². The number of hydrogen-bond acceptors (Lipinski definition) is 4. The maximum atomic E-state index is 4.80. The van der Waals surface area contributed by atoms with Crippen molar-refractivity contribution < 1.29 is 0 Å². The van der Waals surface area contributed by atoms with Crippen LogP contribution in [0.5, 0.6) is 0 Å². The molecule has 0 aliphatic rings. The van der Waals surface area contributed by atoms with Crippen molar-refractivity contribution in [1.29, 1.82) is 0 Å². The van der Waals surface area contributed by atoms with Crippen molar-refractivity contribution in [2.24, 2.45) is 0 Å². The standard InChI is InChI=1S/C22H29N5/c1-14-12-15(2)27(26-14)17-11-9-10-16(13-17)18-23-19(21(3,4)5)25-20(24-18)22(6,7)8/h9-13H,1-8H3. The van der Waals surface area contributed by atoms with E-state index in [0.717, 1.165) is 34.3 Å². The molecule has 0 radical (unpaired) electrons. The van der Waals surface area contributed by atoms with Gasteiger partial charge in [0.2, 0.25) is 0 Å². The highest BCUT2D eigenvalue weighted by atomic mass is 15.3. The Hall–Kier alpha value is -2.56. The number of aromatic nitrogens is 5. The third kappa shape index (κ3) is 4.07. The summed E-state index contributed by atoms with van der Waals surface area (Å²) in [6.45, 7) is 16.8. The second kappa shape index (κ2) is 6.55. The Morgan fingerprint density at radius 2 is 1.37 bits per heavy atom. The van der Waals surface area contributed by atoms with Gasteiger partial charge in [-0.25, -0.2) is 19.6 Å². The number of rotatable bonds is 2. The number of aryl methyl sites for hydroxylation is 2. The quantitative estimate of drug-likeness (QED) is 0.647. The minimum Gasteiger partial charge on any atom is -0.238 e. The van der Waals surface area contributed by atoms with Crippen LogP contribution in [0.3, 0.4) is 0 Å². The molecule has 0 spiro atoms. The SMILES string of the molecule is Cc1cc(C)n(-c2cccc(-c3nc(C(C)(C)C)nc(C(C)(C)C)n3)c2)n1. The Morgan fingerprint density at radius 3 is 1.85 bits per heavy atom. The molecular weight excluding hydrogens is 334 g/mol. The van der Waals surface area contributed by atoms with E-state index < -0.39 is 0 Å². The summed E-state index contributed by atoms with van der Waals surface area (Å²) in [5.74, 6) is 2.34. The monoisotopic (exact) mass is 363 g/mol. The zero-order valence-electron chi connectivity index (χ0n) is 17.6. The Morgan fingerprint density at radius 1 is 0.778 bits per heavy atom. The van der Waals surface area contributed by atoms with Gasteiger partial charge in [0.05, 0.1) is 11.4 Å². The predicted molar refractivity (Wildman–Crippen MR) is 109 cm³/mol. The summed E-state index contributed by atoms with van der Waals surface area (Å²) in [4.78, 5) is 14.4. The molecule has 2 heterocycles. The maximum Gasteiger partial charge on any atom is 0.163 e. The highest BCUT2D eigenvalue weighted by molar-refractivity contribution is 5.59. The van der Waals surface area contributed by atoms with Crippen LogP contribution >= 0.6 is 0 Å². The zero-order valence-corrected chi connectivity index (χ0v) is 17.6. The lowest BCUT2D eigenvalue weighted by molar-refractivity contribution is 0.497. The van der Waals surface area contributed by atoms with E-state index in [1.165, 1.54) is 0 Å². The zero-order chi connectivity index (χ0) is 20.0. The lowest BCUT2D eigenvalue weighted by Crippen LogP contribution is -2.24. The molecule has 0 unspecified atom stereocenters. The van der Waals surface area contributed by atoms with Crippen LogP contribution in [0, 0.1) is 13.8 Å². The van der Waals surface area contributed by atoms with Crippen LogP contribution in [0.2, 0.25) is 0 Å². The molecule has 27 heavy (non-hydrogen) atoms. The van der Waals surface area contributed by atoms with Gasteiger partial charge in [-0.1, -0.05) is 53.7 Å². The first kappa shape index (κ1) is 19.2. The summed E-state index contributed by atoms with van der Waals surface area (Å²) in [7, 11) is 0. The van der Waals surface area contributed by atoms with Crippen LogP contribution in [0.15, 0.2) is 30.3 Å². The van der Waals surface area contributed by atoms with Crippen molar-refractivity contribution in [3.8, 4) is 17.1 Å². The maximum absolute atomic E-state index is 4.80. The van der Waals surface area contributed by atoms with E-state index in [9.17, 15) is 0 Å². The number of hydrogen-bond donors (Lipinski definition) is 0. The highest BCUT2D eigenvalue weighted by Gasteiger charge is 2.25. The number of benzene rings is 1. The molecule has 0 aliphatic heterocycles. The van der Waals surface area contributed by atoms with Gasteiger partial charge in [-0.3, -0.25) is 0 Å². The predicted octanol–water partition coefficient (Wildman–Crippen LogP) is 4.94. The van der Waals surface area contributed by atoms with Crippen LogP contribution in [0.25, 0.3) is 17.1 Å². The average Bonchev–Trinajstić information content (AvgIpc) is 2.91. The lowest BCUT2D eigenvalue weighted by Gasteiger charge is -2.22. The Balaban J connectivity index is 2.16. The van der Waals surface area contributed by atoms with Gasteiger partial charge < -0.3 is 0 Å². The molecule has 3 rings (SSSR count). The summed E-state index contributed by atoms with van der Waals surface area (Å²) in [5.41, 5.74) is 3.79. The van der Waals surface area contributed by atoms with Crippen molar-refractivity contribution in [3.63, 3.8) is 0 Å². The minimum atomic E-state index is -0.148. The van der Waals surface area contributed by atoms with Gasteiger partial charge in [0.15, 0.2) is 5.82 Å². The first-order valence-electron chi connectivity index (χ1n) is 9.36. The molecular formula is C22H29N5. The normalized spacial score (nSPS) is 12.4. The molecule has 142 valence electrons. The fourth-order valence-electron chi connectivity index (χ4n) is 2.84. The van der Waals surface area contributed by atoms with Gasteiger partial charge in [-0.2, -0.15) is 5.10 Å². The molecule has 0 amide bonds. The van der Waals surface area contributed by atoms with E-state index in [1.807, 2.05) is 23.7 Å². The molecule has 2 aromatic heterocycles. The van der Waals surface area contributed by atoms with Gasteiger partial charge in [0.1, 0.15) is 11.6 Å². The molecule has 0 saturated heterocycles.